The molecule has 28 heavy (non-hydrogen) atoms. The lowest BCUT2D eigenvalue weighted by molar-refractivity contribution is 0.0886. The number of piperidine rings is 1. The number of likely N-dealkylation sites (tertiary alicyclic amines) is 1. The molecule has 3 rings (SSSR count). The fourth-order valence-electron chi connectivity index (χ4n) is 4.20. The average molecular weight is 501 g/mol. The predicted octanol–water partition coefficient (Wildman–Crippen LogP) is 3.75. The lowest BCUT2D eigenvalue weighted by atomic mass is 9.82. The molecular formula is C22H36IN3O2. The summed E-state index contributed by atoms with van der Waals surface area (Å²) in [6.45, 7) is 8.76. The fourth-order valence-corrected chi connectivity index (χ4v) is 4.20. The molecule has 2 aliphatic heterocycles. The number of aliphatic imine (C=N–C) groups is 1. The van der Waals surface area contributed by atoms with Crippen molar-refractivity contribution in [2.24, 2.45) is 16.8 Å². The topological polar surface area (TPSA) is 46.1 Å². The summed E-state index contributed by atoms with van der Waals surface area (Å²) in [7, 11) is 1.88. The molecule has 0 aliphatic carbocycles. The summed E-state index contributed by atoms with van der Waals surface area (Å²) in [5, 5.41) is 3.51. The largest absolute Gasteiger partial charge is 0.381 e. The normalized spacial score (nSPS) is 25.4. The van der Waals surface area contributed by atoms with Crippen LogP contribution in [-0.2, 0) is 9.47 Å². The summed E-state index contributed by atoms with van der Waals surface area (Å²) in [6, 6.07) is 10.9. The summed E-state index contributed by atoms with van der Waals surface area (Å²) in [5.41, 5.74) is 1.47. The van der Waals surface area contributed by atoms with E-state index in [2.05, 4.69) is 52.5 Å². The molecule has 1 aromatic rings. The van der Waals surface area contributed by atoms with Crippen molar-refractivity contribution in [1.82, 2.24) is 10.2 Å². The summed E-state index contributed by atoms with van der Waals surface area (Å²) < 4.78 is 11.2. The van der Waals surface area contributed by atoms with Crippen molar-refractivity contribution in [3.8, 4) is 0 Å². The van der Waals surface area contributed by atoms with Crippen LogP contribution in [0.25, 0.3) is 0 Å². The minimum Gasteiger partial charge on any atom is -0.381 e. The first-order valence-corrected chi connectivity index (χ1v) is 10.4. The Hall–Kier alpha value is -0.860. The molecule has 6 heteroatoms. The SMILES string of the molecule is CN=C(NCCCOCC1CCOC1)N1CCC(c2ccccc2)C(C)C1.I. The van der Waals surface area contributed by atoms with Crippen LogP contribution in [0.3, 0.4) is 0 Å². The predicted molar refractivity (Wildman–Crippen MR) is 126 cm³/mol. The zero-order valence-electron chi connectivity index (χ0n) is 17.3. The Morgan fingerprint density at radius 1 is 1.29 bits per heavy atom. The summed E-state index contributed by atoms with van der Waals surface area (Å²) in [6.07, 6.45) is 3.32. The van der Waals surface area contributed by atoms with Crippen LogP contribution in [0.1, 0.15) is 37.7 Å². The summed E-state index contributed by atoms with van der Waals surface area (Å²) >= 11 is 0. The molecule has 0 amide bonds. The van der Waals surface area contributed by atoms with Gasteiger partial charge in [-0.05, 0) is 36.7 Å². The second kappa shape index (κ2) is 12.6. The molecule has 2 aliphatic rings. The van der Waals surface area contributed by atoms with Gasteiger partial charge in [-0.15, -0.1) is 24.0 Å². The van der Waals surface area contributed by atoms with Crippen LogP contribution in [0, 0.1) is 11.8 Å². The summed E-state index contributed by atoms with van der Waals surface area (Å²) in [5.74, 6) is 2.89. The Bertz CT molecular complexity index is 578. The monoisotopic (exact) mass is 501 g/mol. The van der Waals surface area contributed by atoms with Crippen LogP contribution in [0.4, 0.5) is 0 Å². The molecule has 3 atom stereocenters. The van der Waals surface area contributed by atoms with Crippen molar-refractivity contribution in [1.29, 1.82) is 0 Å². The van der Waals surface area contributed by atoms with E-state index in [-0.39, 0.29) is 24.0 Å². The maximum atomic E-state index is 5.79. The Morgan fingerprint density at radius 2 is 2.11 bits per heavy atom. The van der Waals surface area contributed by atoms with Gasteiger partial charge in [-0.3, -0.25) is 4.99 Å². The number of benzene rings is 1. The van der Waals surface area contributed by atoms with Crippen LogP contribution >= 0.6 is 24.0 Å². The zero-order chi connectivity index (χ0) is 18.9. The van der Waals surface area contributed by atoms with Gasteiger partial charge in [-0.2, -0.15) is 0 Å². The van der Waals surface area contributed by atoms with Crippen LogP contribution < -0.4 is 5.32 Å². The van der Waals surface area contributed by atoms with Gasteiger partial charge >= 0.3 is 0 Å². The molecule has 0 radical (unpaired) electrons. The third-order valence-corrected chi connectivity index (χ3v) is 5.77. The van der Waals surface area contributed by atoms with Gasteiger partial charge in [0.05, 0.1) is 13.2 Å². The highest BCUT2D eigenvalue weighted by atomic mass is 127. The van der Waals surface area contributed by atoms with Crippen LogP contribution in [-0.4, -0.2) is 64.0 Å². The number of nitrogens with one attached hydrogen (secondary N) is 1. The Labute approximate surface area is 187 Å². The van der Waals surface area contributed by atoms with Gasteiger partial charge in [0.25, 0.3) is 0 Å². The Balaban J connectivity index is 0.00000280. The first-order valence-electron chi connectivity index (χ1n) is 10.4. The van der Waals surface area contributed by atoms with E-state index in [1.54, 1.807) is 0 Å². The molecule has 1 aromatic carbocycles. The van der Waals surface area contributed by atoms with Gasteiger partial charge in [-0.1, -0.05) is 37.3 Å². The number of hydrogen-bond donors (Lipinski definition) is 1. The van der Waals surface area contributed by atoms with Crippen molar-refractivity contribution in [3.05, 3.63) is 35.9 Å². The van der Waals surface area contributed by atoms with E-state index in [4.69, 9.17) is 9.47 Å². The van der Waals surface area contributed by atoms with Gasteiger partial charge < -0.3 is 19.7 Å². The van der Waals surface area contributed by atoms with E-state index in [0.29, 0.717) is 17.8 Å². The standard InChI is InChI=1S/C22H35N3O2.HI/c1-18-15-25(12-9-21(18)20-7-4-3-5-8-20)22(23-2)24-11-6-13-26-16-19-10-14-27-17-19;/h3-5,7-8,18-19,21H,6,9-17H2,1-2H3,(H,23,24);1H. The van der Waals surface area contributed by atoms with Gasteiger partial charge in [0.2, 0.25) is 0 Å². The maximum absolute atomic E-state index is 5.79. The Morgan fingerprint density at radius 3 is 2.79 bits per heavy atom. The quantitative estimate of drug-likeness (QED) is 0.268. The van der Waals surface area contributed by atoms with Crippen LogP contribution in [0.15, 0.2) is 35.3 Å². The number of guanidine groups is 1. The number of rotatable bonds is 7. The highest BCUT2D eigenvalue weighted by molar-refractivity contribution is 14.0. The average Bonchev–Trinajstić information content (AvgIpc) is 3.21. The zero-order valence-corrected chi connectivity index (χ0v) is 19.6. The fraction of sp³-hybridized carbons (Fsp3) is 0.682. The van der Waals surface area contributed by atoms with Crippen LogP contribution in [0.2, 0.25) is 0 Å². The summed E-state index contributed by atoms with van der Waals surface area (Å²) in [4.78, 5) is 6.90. The number of ether oxygens (including phenoxy) is 2. The molecule has 2 fully saturated rings. The smallest absolute Gasteiger partial charge is 0.193 e. The molecule has 1 N–H and O–H groups in total. The molecule has 0 spiro atoms. The minimum absolute atomic E-state index is 0. The highest BCUT2D eigenvalue weighted by Gasteiger charge is 2.28. The molecule has 3 unspecified atom stereocenters. The lowest BCUT2D eigenvalue weighted by Crippen LogP contribution is -2.48. The molecule has 5 nitrogen and oxygen atoms in total. The van der Waals surface area contributed by atoms with E-state index >= 15 is 0 Å². The number of nitrogens with zero attached hydrogens (tertiary/aromatic N) is 2. The lowest BCUT2D eigenvalue weighted by Gasteiger charge is -2.39. The van der Waals surface area contributed by atoms with Crippen molar-refractivity contribution < 1.29 is 9.47 Å². The van der Waals surface area contributed by atoms with Crippen LogP contribution in [0.5, 0.6) is 0 Å². The van der Waals surface area contributed by atoms with E-state index in [1.165, 1.54) is 12.0 Å². The van der Waals surface area contributed by atoms with Crippen molar-refractivity contribution >= 4 is 29.9 Å². The first kappa shape index (κ1) is 23.4. The molecule has 158 valence electrons. The highest BCUT2D eigenvalue weighted by Crippen LogP contribution is 2.32. The van der Waals surface area contributed by atoms with Gasteiger partial charge in [0.15, 0.2) is 5.96 Å². The number of hydrogen-bond acceptors (Lipinski definition) is 3. The van der Waals surface area contributed by atoms with Crippen molar-refractivity contribution in [2.75, 3.05) is 53.1 Å². The molecule has 0 bridgehead atoms. The maximum Gasteiger partial charge on any atom is 0.193 e. The van der Waals surface area contributed by atoms with Crippen molar-refractivity contribution in [2.45, 2.75) is 32.1 Å². The van der Waals surface area contributed by atoms with Gasteiger partial charge in [0.1, 0.15) is 0 Å². The third kappa shape index (κ3) is 6.88. The molecule has 0 aromatic heterocycles. The second-order valence-electron chi connectivity index (χ2n) is 7.86. The molecule has 2 saturated heterocycles. The third-order valence-electron chi connectivity index (χ3n) is 5.77. The number of halogens is 1. The molecule has 2 heterocycles. The molecule has 0 saturated carbocycles. The van der Waals surface area contributed by atoms with Gasteiger partial charge in [0, 0.05) is 45.8 Å². The van der Waals surface area contributed by atoms with E-state index in [0.717, 1.165) is 64.9 Å². The van der Waals surface area contributed by atoms with Crippen molar-refractivity contribution in [3.63, 3.8) is 0 Å². The molecular weight excluding hydrogens is 465 g/mol. The first-order chi connectivity index (χ1) is 13.3. The van der Waals surface area contributed by atoms with E-state index in [1.807, 2.05) is 7.05 Å². The second-order valence-corrected chi connectivity index (χ2v) is 7.86. The van der Waals surface area contributed by atoms with Gasteiger partial charge in [-0.25, -0.2) is 0 Å². The van der Waals surface area contributed by atoms with E-state index < -0.39 is 0 Å². The Kier molecular flexibility index (Phi) is 10.6. The minimum atomic E-state index is 0. The van der Waals surface area contributed by atoms with E-state index in [9.17, 15) is 0 Å².